The number of hydrogen-bond acceptors (Lipinski definition) is 9. The van der Waals surface area contributed by atoms with Crippen molar-refractivity contribution in [3.63, 3.8) is 0 Å². The Labute approximate surface area is 207 Å². The number of unbranched alkanes of at least 4 members (excludes halogenated alkanes) is 1. The lowest BCUT2D eigenvalue weighted by Gasteiger charge is -2.15. The first-order valence-corrected chi connectivity index (χ1v) is 13.8. The molecule has 1 atom stereocenters. The summed E-state index contributed by atoms with van der Waals surface area (Å²) in [6.07, 6.45) is 1.86. The molecule has 0 aliphatic rings. The summed E-state index contributed by atoms with van der Waals surface area (Å²) in [6.45, 7) is 2.68. The maximum atomic E-state index is 12.8. The van der Waals surface area contributed by atoms with Crippen LogP contribution in [0.25, 0.3) is 0 Å². The van der Waals surface area contributed by atoms with Gasteiger partial charge in [0, 0.05) is 17.9 Å². The van der Waals surface area contributed by atoms with E-state index in [1.165, 1.54) is 12.1 Å². The molecule has 0 fully saturated rings. The Bertz CT molecular complexity index is 1380. The Morgan fingerprint density at radius 2 is 1.36 bits per heavy atom. The number of hydrogen-bond donors (Lipinski definition) is 4. The first kappa shape index (κ1) is 27.2. The van der Waals surface area contributed by atoms with Crippen molar-refractivity contribution in [3.8, 4) is 0 Å². The molecule has 3 rings (SSSR count). The highest BCUT2D eigenvalue weighted by Crippen LogP contribution is 2.25. The van der Waals surface area contributed by atoms with Gasteiger partial charge in [0.1, 0.15) is 9.71 Å². The second-order valence-electron chi connectivity index (χ2n) is 7.43. The molecule has 0 aliphatic heterocycles. The van der Waals surface area contributed by atoms with E-state index in [0.717, 1.165) is 34.8 Å². The SMILES string of the molecule is C=S(=O)(NS(=O)(=O)c1ccc(Nc2nc(NCCCC)nc(Nc3ccccc3)n2)cc1)C(F)(F)F. The minimum absolute atomic E-state index is 0.133. The number of sulfonamides is 1. The molecule has 3 aromatic rings. The maximum absolute atomic E-state index is 12.8. The van der Waals surface area contributed by atoms with Crippen LogP contribution in [0.15, 0.2) is 59.5 Å². The van der Waals surface area contributed by atoms with Gasteiger partial charge in [0.25, 0.3) is 10.0 Å². The first-order chi connectivity index (χ1) is 16.9. The van der Waals surface area contributed by atoms with E-state index in [1.54, 1.807) is 0 Å². The molecule has 0 radical (unpaired) electrons. The molecule has 0 saturated heterocycles. The molecule has 4 N–H and O–H groups in total. The van der Waals surface area contributed by atoms with Crippen molar-refractivity contribution in [2.45, 2.75) is 30.2 Å². The van der Waals surface area contributed by atoms with Crippen molar-refractivity contribution in [1.29, 1.82) is 0 Å². The Kier molecular flexibility index (Phi) is 8.37. The van der Waals surface area contributed by atoms with Gasteiger partial charge in [-0.15, -0.1) is 4.13 Å². The van der Waals surface area contributed by atoms with Crippen LogP contribution in [-0.4, -0.2) is 45.5 Å². The molecule has 0 bridgehead atoms. The van der Waals surface area contributed by atoms with E-state index in [4.69, 9.17) is 0 Å². The minimum atomic E-state index is -5.34. The smallest absolute Gasteiger partial charge is 0.354 e. The Balaban J connectivity index is 1.82. The summed E-state index contributed by atoms with van der Waals surface area (Å²) in [5.74, 6) is 3.15. The van der Waals surface area contributed by atoms with Crippen LogP contribution in [0.4, 0.5) is 42.4 Å². The van der Waals surface area contributed by atoms with Crippen LogP contribution in [0.2, 0.25) is 0 Å². The van der Waals surface area contributed by atoms with Crippen molar-refractivity contribution in [2.75, 3.05) is 22.5 Å². The Morgan fingerprint density at radius 3 is 1.89 bits per heavy atom. The van der Waals surface area contributed by atoms with Crippen LogP contribution < -0.4 is 20.1 Å². The summed E-state index contributed by atoms with van der Waals surface area (Å²) in [7, 11) is -9.85. The number of benzene rings is 2. The molecule has 1 heterocycles. The third kappa shape index (κ3) is 7.29. The molecule has 1 unspecified atom stereocenters. The predicted molar refractivity (Wildman–Crippen MR) is 134 cm³/mol. The molecule has 2 aromatic carbocycles. The van der Waals surface area contributed by atoms with Gasteiger partial charge in [-0.1, -0.05) is 31.5 Å². The monoisotopic (exact) mass is 543 g/mol. The fourth-order valence-electron chi connectivity index (χ4n) is 2.71. The second-order valence-corrected chi connectivity index (χ2v) is 11.4. The summed E-state index contributed by atoms with van der Waals surface area (Å²) in [6, 6.07) is 13.9. The quantitative estimate of drug-likeness (QED) is 0.209. The number of para-hydroxylation sites is 1. The van der Waals surface area contributed by atoms with E-state index in [2.05, 4.69) is 36.8 Å². The zero-order chi connectivity index (χ0) is 26.4. The molecule has 194 valence electrons. The third-order valence-electron chi connectivity index (χ3n) is 4.52. The largest absolute Gasteiger partial charge is 0.477 e. The van der Waals surface area contributed by atoms with Crippen LogP contribution in [0, 0.1) is 0 Å². The molecule has 0 aliphatic carbocycles. The van der Waals surface area contributed by atoms with Gasteiger partial charge in [0.15, 0.2) is 0 Å². The van der Waals surface area contributed by atoms with E-state index in [-0.39, 0.29) is 11.9 Å². The number of rotatable bonds is 11. The molecule has 36 heavy (non-hydrogen) atoms. The fraction of sp³-hybridized carbons (Fsp3) is 0.238. The van der Waals surface area contributed by atoms with E-state index in [0.29, 0.717) is 18.2 Å². The van der Waals surface area contributed by atoms with Crippen molar-refractivity contribution in [3.05, 3.63) is 54.6 Å². The van der Waals surface area contributed by atoms with E-state index in [9.17, 15) is 25.8 Å². The van der Waals surface area contributed by atoms with Crippen LogP contribution in [0.3, 0.4) is 0 Å². The average Bonchev–Trinajstić information content (AvgIpc) is 2.79. The lowest BCUT2D eigenvalue weighted by Crippen LogP contribution is -2.39. The normalized spacial score (nSPS) is 13.6. The van der Waals surface area contributed by atoms with Crippen molar-refractivity contribution in [1.82, 2.24) is 19.1 Å². The van der Waals surface area contributed by atoms with E-state index >= 15 is 0 Å². The number of nitrogens with one attached hydrogen (secondary N) is 4. The number of aromatic nitrogens is 3. The summed E-state index contributed by atoms with van der Waals surface area (Å²) in [5, 5.41) is 9.08. The van der Waals surface area contributed by atoms with Gasteiger partial charge in [-0.3, -0.25) is 0 Å². The van der Waals surface area contributed by atoms with Crippen LogP contribution >= 0.6 is 0 Å². The lowest BCUT2D eigenvalue weighted by molar-refractivity contribution is -0.0397. The van der Waals surface area contributed by atoms with Gasteiger partial charge < -0.3 is 16.0 Å². The highest BCUT2D eigenvalue weighted by atomic mass is 32.3. The molecule has 0 saturated carbocycles. The lowest BCUT2D eigenvalue weighted by atomic mass is 10.3. The number of anilines is 5. The van der Waals surface area contributed by atoms with Crippen LogP contribution in [-0.2, 0) is 19.7 Å². The predicted octanol–water partition coefficient (Wildman–Crippen LogP) is 4.00. The van der Waals surface area contributed by atoms with Crippen LogP contribution in [0.5, 0.6) is 0 Å². The molecule has 1 aromatic heterocycles. The topological polar surface area (TPSA) is 138 Å². The van der Waals surface area contributed by atoms with Crippen LogP contribution in [0.1, 0.15) is 19.8 Å². The van der Waals surface area contributed by atoms with E-state index < -0.39 is 30.1 Å². The zero-order valence-corrected chi connectivity index (χ0v) is 20.7. The summed E-state index contributed by atoms with van der Waals surface area (Å²) >= 11 is 0. The second kappa shape index (κ2) is 11.1. The van der Waals surface area contributed by atoms with Crippen molar-refractivity contribution < 1.29 is 25.8 Å². The number of halogens is 3. The highest BCUT2D eigenvalue weighted by molar-refractivity contribution is 8.10. The van der Waals surface area contributed by atoms with Gasteiger partial charge in [-0.25, -0.2) is 12.6 Å². The summed E-state index contributed by atoms with van der Waals surface area (Å²) < 4.78 is 75.6. The van der Waals surface area contributed by atoms with Gasteiger partial charge in [-0.05, 0) is 48.7 Å². The Morgan fingerprint density at radius 1 is 0.833 bits per heavy atom. The van der Waals surface area contributed by atoms with Gasteiger partial charge in [-0.2, -0.15) is 28.1 Å². The van der Waals surface area contributed by atoms with Gasteiger partial charge >= 0.3 is 5.51 Å². The number of alkyl halides is 3. The highest BCUT2D eigenvalue weighted by Gasteiger charge is 2.42. The molecular formula is C21H24F3N7O3S2. The maximum Gasteiger partial charge on any atom is 0.477 e. The fourth-order valence-corrected chi connectivity index (χ4v) is 5.39. The zero-order valence-electron chi connectivity index (χ0n) is 19.0. The Hall–Kier alpha value is -3.43. The van der Waals surface area contributed by atoms with Gasteiger partial charge in [0.2, 0.25) is 17.8 Å². The minimum Gasteiger partial charge on any atom is -0.354 e. The first-order valence-electron chi connectivity index (χ1n) is 10.6. The molecule has 0 spiro atoms. The summed E-state index contributed by atoms with van der Waals surface area (Å²) in [4.78, 5) is 12.4. The molecular weight excluding hydrogens is 519 g/mol. The molecule has 0 amide bonds. The standard InChI is InChI=1S/C21H24F3N7O3S2/c1-3-4-14-25-18-28-19(26-15-8-6-5-7-9-15)30-20(29-18)27-16-10-12-17(13-11-16)36(33,34)31-35(2,32)21(22,23)24/h5-13H,2-4,14H2,1H3,(H,31,32)(H3,25,26,27,28,29,30). The van der Waals surface area contributed by atoms with Gasteiger partial charge in [0.05, 0.1) is 4.90 Å². The van der Waals surface area contributed by atoms with E-state index in [1.807, 2.05) is 37.3 Å². The molecule has 10 nitrogen and oxygen atoms in total. The molecule has 15 heteroatoms. The average molecular weight is 544 g/mol. The van der Waals surface area contributed by atoms with Crippen molar-refractivity contribution in [2.24, 2.45) is 0 Å². The third-order valence-corrected chi connectivity index (χ3v) is 8.11. The number of nitrogens with zero attached hydrogens (tertiary/aromatic N) is 3. The summed E-state index contributed by atoms with van der Waals surface area (Å²) in [5.41, 5.74) is -4.25. The van der Waals surface area contributed by atoms with Crippen molar-refractivity contribution >= 4 is 54.8 Å².